The van der Waals surface area contributed by atoms with Crippen LogP contribution >= 0.6 is 0 Å². The van der Waals surface area contributed by atoms with E-state index < -0.39 is 10.0 Å². The first-order chi connectivity index (χ1) is 12.3. The van der Waals surface area contributed by atoms with Crippen molar-refractivity contribution in [2.45, 2.75) is 50.5 Å². The van der Waals surface area contributed by atoms with Crippen LogP contribution in [0.3, 0.4) is 0 Å². The zero-order valence-corrected chi connectivity index (χ0v) is 16.5. The topological polar surface area (TPSA) is 83.7 Å². The molecule has 1 saturated carbocycles. The molecular formula is C19H29N3O3S. The molecule has 26 heavy (non-hydrogen) atoms. The average Bonchev–Trinajstić information content (AvgIpc) is 3.02. The summed E-state index contributed by atoms with van der Waals surface area (Å²) >= 11 is 0. The maximum Gasteiger partial charge on any atom is 0.243 e. The lowest BCUT2D eigenvalue weighted by Crippen LogP contribution is -2.51. The predicted octanol–water partition coefficient (Wildman–Crippen LogP) is 1.65. The molecule has 1 aliphatic heterocycles. The number of benzene rings is 1. The Labute approximate surface area is 156 Å². The highest BCUT2D eigenvalue weighted by Crippen LogP contribution is 2.28. The standard InChI is InChI=1S/C19H29N3O3S/c1-14-6-7-15(2)18(12-14)26(24,25)22-10-8-21(9-11-22)19(23)13-16-4-3-5-17(16)20/h6-7,12,16-17H,3-5,8-11,13,20H2,1-2H3/t16-,17+/m0/s1. The van der Waals surface area contributed by atoms with E-state index in [1.54, 1.807) is 11.0 Å². The van der Waals surface area contributed by atoms with Crippen molar-refractivity contribution in [2.75, 3.05) is 26.2 Å². The summed E-state index contributed by atoms with van der Waals surface area (Å²) in [6.45, 7) is 5.30. The van der Waals surface area contributed by atoms with Gasteiger partial charge in [-0.15, -0.1) is 0 Å². The van der Waals surface area contributed by atoms with Gasteiger partial charge in [0.1, 0.15) is 0 Å². The highest BCUT2D eigenvalue weighted by molar-refractivity contribution is 7.89. The van der Waals surface area contributed by atoms with E-state index in [1.807, 2.05) is 26.0 Å². The van der Waals surface area contributed by atoms with Gasteiger partial charge >= 0.3 is 0 Å². The quantitative estimate of drug-likeness (QED) is 0.862. The Morgan fingerprint density at radius 3 is 2.46 bits per heavy atom. The third-order valence-electron chi connectivity index (χ3n) is 5.71. The third-order valence-corrected chi connectivity index (χ3v) is 7.75. The molecule has 144 valence electrons. The zero-order chi connectivity index (χ0) is 18.9. The molecule has 1 aliphatic carbocycles. The van der Waals surface area contributed by atoms with Gasteiger partial charge < -0.3 is 10.6 Å². The van der Waals surface area contributed by atoms with E-state index in [-0.39, 0.29) is 17.9 Å². The summed E-state index contributed by atoms with van der Waals surface area (Å²) in [7, 11) is -3.52. The van der Waals surface area contributed by atoms with Crippen LogP contribution in [0.5, 0.6) is 0 Å². The fourth-order valence-corrected chi connectivity index (χ4v) is 5.71. The first kappa shape index (κ1) is 19.3. The summed E-state index contributed by atoms with van der Waals surface area (Å²) in [6.07, 6.45) is 3.61. The van der Waals surface area contributed by atoms with E-state index in [0.717, 1.165) is 30.4 Å². The van der Waals surface area contributed by atoms with Crippen molar-refractivity contribution in [3.63, 3.8) is 0 Å². The van der Waals surface area contributed by atoms with Gasteiger partial charge in [-0.2, -0.15) is 4.31 Å². The van der Waals surface area contributed by atoms with E-state index in [9.17, 15) is 13.2 Å². The lowest BCUT2D eigenvalue weighted by atomic mass is 9.99. The van der Waals surface area contributed by atoms with Crippen LogP contribution in [-0.2, 0) is 14.8 Å². The van der Waals surface area contributed by atoms with Crippen LogP contribution in [-0.4, -0.2) is 55.8 Å². The SMILES string of the molecule is Cc1ccc(C)c(S(=O)(=O)N2CCN(C(=O)C[C@@H]3CCC[C@H]3N)CC2)c1. The zero-order valence-electron chi connectivity index (χ0n) is 15.6. The van der Waals surface area contributed by atoms with Gasteiger partial charge in [0.25, 0.3) is 0 Å². The number of hydrogen-bond donors (Lipinski definition) is 1. The highest BCUT2D eigenvalue weighted by Gasteiger charge is 2.33. The van der Waals surface area contributed by atoms with Crippen LogP contribution in [0.1, 0.15) is 36.8 Å². The summed E-state index contributed by atoms with van der Waals surface area (Å²) in [5, 5.41) is 0. The van der Waals surface area contributed by atoms with Gasteiger partial charge in [0.2, 0.25) is 15.9 Å². The largest absolute Gasteiger partial charge is 0.340 e. The normalized spacial score (nSPS) is 24.8. The number of carbonyl (C=O) groups excluding carboxylic acids is 1. The molecule has 1 heterocycles. The van der Waals surface area contributed by atoms with E-state index in [1.165, 1.54) is 4.31 Å². The molecule has 3 rings (SSSR count). The Bertz CT molecular complexity index is 770. The lowest BCUT2D eigenvalue weighted by Gasteiger charge is -2.35. The van der Waals surface area contributed by atoms with Crippen LogP contribution in [0.25, 0.3) is 0 Å². The summed E-state index contributed by atoms with van der Waals surface area (Å²) in [4.78, 5) is 14.7. The van der Waals surface area contributed by atoms with E-state index in [4.69, 9.17) is 5.73 Å². The van der Waals surface area contributed by atoms with Crippen molar-refractivity contribution in [2.24, 2.45) is 11.7 Å². The molecular weight excluding hydrogens is 350 g/mol. The van der Waals surface area contributed by atoms with Gasteiger partial charge in [-0.1, -0.05) is 18.6 Å². The van der Waals surface area contributed by atoms with Crippen molar-refractivity contribution >= 4 is 15.9 Å². The number of rotatable bonds is 4. The second-order valence-corrected chi connectivity index (χ2v) is 9.52. The molecule has 1 aromatic rings. The summed E-state index contributed by atoms with van der Waals surface area (Å²) in [5.74, 6) is 0.385. The molecule has 2 atom stereocenters. The van der Waals surface area contributed by atoms with Crippen molar-refractivity contribution in [3.05, 3.63) is 29.3 Å². The van der Waals surface area contributed by atoms with Gasteiger partial charge in [-0.3, -0.25) is 4.79 Å². The first-order valence-corrected chi connectivity index (χ1v) is 10.8. The van der Waals surface area contributed by atoms with Crippen LogP contribution in [0.15, 0.2) is 23.1 Å². The number of hydrogen-bond acceptors (Lipinski definition) is 4. The van der Waals surface area contributed by atoms with E-state index in [0.29, 0.717) is 37.5 Å². The molecule has 2 aliphatic rings. The second kappa shape index (κ2) is 7.66. The predicted molar refractivity (Wildman–Crippen MR) is 101 cm³/mol. The summed E-state index contributed by atoms with van der Waals surface area (Å²) < 4.78 is 27.4. The summed E-state index contributed by atoms with van der Waals surface area (Å²) in [5.41, 5.74) is 7.75. The fourth-order valence-electron chi connectivity index (χ4n) is 3.97. The van der Waals surface area contributed by atoms with Crippen LogP contribution < -0.4 is 5.73 Å². The van der Waals surface area contributed by atoms with Gasteiger partial charge in [0, 0.05) is 38.6 Å². The fraction of sp³-hybridized carbons (Fsp3) is 0.632. The number of carbonyl (C=O) groups is 1. The minimum Gasteiger partial charge on any atom is -0.340 e. The number of nitrogens with two attached hydrogens (primary N) is 1. The molecule has 0 aromatic heterocycles. The van der Waals surface area contributed by atoms with Crippen molar-refractivity contribution in [3.8, 4) is 0 Å². The molecule has 6 nitrogen and oxygen atoms in total. The van der Waals surface area contributed by atoms with Crippen LogP contribution in [0, 0.1) is 19.8 Å². The van der Waals surface area contributed by atoms with Gasteiger partial charge in [-0.05, 0) is 49.8 Å². The van der Waals surface area contributed by atoms with Crippen molar-refractivity contribution in [1.29, 1.82) is 0 Å². The van der Waals surface area contributed by atoms with E-state index >= 15 is 0 Å². The number of piperazine rings is 1. The smallest absolute Gasteiger partial charge is 0.243 e. The molecule has 0 radical (unpaired) electrons. The molecule has 2 N–H and O–H groups in total. The summed E-state index contributed by atoms with van der Waals surface area (Å²) in [6, 6.07) is 5.61. The molecule has 1 amide bonds. The number of sulfonamides is 1. The Balaban J connectivity index is 1.62. The number of aryl methyl sites for hydroxylation is 2. The molecule has 7 heteroatoms. The van der Waals surface area contributed by atoms with Gasteiger partial charge in [0.15, 0.2) is 0 Å². The van der Waals surface area contributed by atoms with Crippen molar-refractivity contribution in [1.82, 2.24) is 9.21 Å². The van der Waals surface area contributed by atoms with Crippen LogP contribution in [0.4, 0.5) is 0 Å². The average molecular weight is 380 g/mol. The maximum atomic E-state index is 13.0. The number of amides is 1. The van der Waals surface area contributed by atoms with Crippen LogP contribution in [0.2, 0.25) is 0 Å². The van der Waals surface area contributed by atoms with Crippen molar-refractivity contribution < 1.29 is 13.2 Å². The van der Waals surface area contributed by atoms with E-state index in [2.05, 4.69) is 0 Å². The lowest BCUT2D eigenvalue weighted by molar-refractivity contribution is -0.133. The minimum absolute atomic E-state index is 0.108. The Hall–Kier alpha value is -1.44. The second-order valence-electron chi connectivity index (χ2n) is 7.61. The maximum absolute atomic E-state index is 13.0. The van der Waals surface area contributed by atoms with Gasteiger partial charge in [0.05, 0.1) is 4.90 Å². The molecule has 0 unspecified atom stereocenters. The third kappa shape index (κ3) is 3.94. The molecule has 2 fully saturated rings. The molecule has 0 spiro atoms. The molecule has 0 bridgehead atoms. The molecule has 1 aromatic carbocycles. The monoisotopic (exact) mass is 379 g/mol. The first-order valence-electron chi connectivity index (χ1n) is 9.40. The highest BCUT2D eigenvalue weighted by atomic mass is 32.2. The number of nitrogens with zero attached hydrogens (tertiary/aromatic N) is 2. The Kier molecular flexibility index (Phi) is 5.69. The van der Waals surface area contributed by atoms with Gasteiger partial charge in [-0.25, -0.2) is 8.42 Å². The Morgan fingerprint density at radius 1 is 1.15 bits per heavy atom. The molecule has 1 saturated heterocycles. The Morgan fingerprint density at radius 2 is 1.85 bits per heavy atom. The minimum atomic E-state index is -3.52.